The largest absolute Gasteiger partial charge is 0.474 e. The molecule has 1 N–H and O–H groups in total. The second kappa shape index (κ2) is 6.09. The Bertz CT molecular complexity index is 872. The van der Waals surface area contributed by atoms with Crippen LogP contribution in [0.15, 0.2) is 36.4 Å². The number of ketones is 1. The normalized spacial score (nSPS) is 23.5. The summed E-state index contributed by atoms with van der Waals surface area (Å²) in [6.45, 7) is 2.38. The van der Waals surface area contributed by atoms with Gasteiger partial charge in [0.15, 0.2) is 5.78 Å². The molecule has 1 aliphatic heterocycles. The SMILES string of the molecule is CC(=O)c1cc(O[C@@H]2[C@@H]3CN(C(=O)O)C[C@@H]32)nc(-c2ccc(F)cc2)c1. The number of nitrogens with zero attached hydrogens (tertiary/aromatic N) is 2. The average molecular weight is 356 g/mol. The number of piperidine rings is 1. The number of fused-ring (bicyclic) bond motifs is 1. The molecule has 1 aliphatic carbocycles. The highest BCUT2D eigenvalue weighted by molar-refractivity contribution is 5.95. The summed E-state index contributed by atoms with van der Waals surface area (Å²) in [5, 5.41) is 9.02. The maximum absolute atomic E-state index is 13.1. The third kappa shape index (κ3) is 3.00. The van der Waals surface area contributed by atoms with Gasteiger partial charge in [0.05, 0.1) is 5.69 Å². The summed E-state index contributed by atoms with van der Waals surface area (Å²) in [4.78, 5) is 28.7. The van der Waals surface area contributed by atoms with Crippen LogP contribution in [0.25, 0.3) is 11.3 Å². The van der Waals surface area contributed by atoms with Gasteiger partial charge in [-0.15, -0.1) is 0 Å². The lowest BCUT2D eigenvalue weighted by molar-refractivity contribution is 0.101. The predicted molar refractivity (Wildman–Crippen MR) is 90.6 cm³/mol. The molecule has 7 heteroatoms. The van der Waals surface area contributed by atoms with Gasteiger partial charge < -0.3 is 14.7 Å². The number of hydrogen-bond acceptors (Lipinski definition) is 4. The monoisotopic (exact) mass is 356 g/mol. The van der Waals surface area contributed by atoms with E-state index < -0.39 is 6.09 Å². The van der Waals surface area contributed by atoms with Crippen LogP contribution in [0.1, 0.15) is 17.3 Å². The van der Waals surface area contributed by atoms with Crippen molar-refractivity contribution in [2.75, 3.05) is 13.1 Å². The fourth-order valence-electron chi connectivity index (χ4n) is 3.48. The highest BCUT2D eigenvalue weighted by Crippen LogP contribution is 2.47. The molecule has 0 spiro atoms. The van der Waals surface area contributed by atoms with Crippen LogP contribution in [-0.4, -0.2) is 46.1 Å². The molecule has 0 unspecified atom stereocenters. The second-order valence-corrected chi connectivity index (χ2v) is 6.74. The third-order valence-corrected chi connectivity index (χ3v) is 4.99. The Morgan fingerprint density at radius 2 is 1.85 bits per heavy atom. The van der Waals surface area contributed by atoms with Gasteiger partial charge in [0.25, 0.3) is 0 Å². The van der Waals surface area contributed by atoms with E-state index in [1.165, 1.54) is 24.0 Å². The molecule has 3 atom stereocenters. The molecule has 1 saturated heterocycles. The molecule has 0 radical (unpaired) electrons. The molecule has 1 amide bonds. The zero-order valence-corrected chi connectivity index (χ0v) is 14.1. The van der Waals surface area contributed by atoms with Gasteiger partial charge >= 0.3 is 6.09 Å². The highest BCUT2D eigenvalue weighted by atomic mass is 19.1. The summed E-state index contributed by atoms with van der Waals surface area (Å²) in [5.41, 5.74) is 1.69. The molecule has 2 aliphatic rings. The van der Waals surface area contributed by atoms with E-state index in [-0.39, 0.29) is 29.5 Å². The molecule has 6 nitrogen and oxygen atoms in total. The number of amides is 1. The minimum atomic E-state index is -0.911. The van der Waals surface area contributed by atoms with Crippen molar-refractivity contribution in [2.45, 2.75) is 13.0 Å². The molecule has 1 aromatic heterocycles. The van der Waals surface area contributed by atoms with Crippen molar-refractivity contribution in [3.05, 3.63) is 47.8 Å². The standard InChI is InChI=1S/C19H17FN2O4/c1-10(23)12-6-16(11-2-4-13(20)5-3-11)21-17(7-12)26-18-14-8-22(19(24)25)9-15(14)18/h2-7,14-15,18H,8-9H2,1H3,(H,24,25)/t14-,15+,18-. The lowest BCUT2D eigenvalue weighted by Gasteiger charge is -2.17. The Kier molecular flexibility index (Phi) is 3.86. The fourth-order valence-corrected chi connectivity index (χ4v) is 3.48. The van der Waals surface area contributed by atoms with Crippen molar-refractivity contribution in [3.63, 3.8) is 0 Å². The molecule has 1 saturated carbocycles. The number of benzene rings is 1. The first-order chi connectivity index (χ1) is 12.4. The molecule has 0 bridgehead atoms. The van der Waals surface area contributed by atoms with Gasteiger partial charge in [-0.25, -0.2) is 14.2 Å². The van der Waals surface area contributed by atoms with Crippen molar-refractivity contribution in [1.82, 2.24) is 9.88 Å². The topological polar surface area (TPSA) is 79.7 Å². The lowest BCUT2D eigenvalue weighted by atomic mass is 10.1. The summed E-state index contributed by atoms with van der Waals surface area (Å²) in [5.74, 6) is 0.208. The molecule has 134 valence electrons. The van der Waals surface area contributed by atoms with Gasteiger partial charge in [-0.1, -0.05) is 0 Å². The van der Waals surface area contributed by atoms with Crippen LogP contribution >= 0.6 is 0 Å². The van der Waals surface area contributed by atoms with Crippen LogP contribution in [0.4, 0.5) is 9.18 Å². The van der Waals surface area contributed by atoms with Crippen LogP contribution < -0.4 is 4.74 Å². The summed E-state index contributed by atoms with van der Waals surface area (Å²) in [6.07, 6.45) is -0.993. The quantitative estimate of drug-likeness (QED) is 0.852. The van der Waals surface area contributed by atoms with Gasteiger partial charge in [-0.05, 0) is 37.3 Å². The van der Waals surface area contributed by atoms with Gasteiger partial charge in [0.2, 0.25) is 5.88 Å². The zero-order chi connectivity index (χ0) is 18.4. The van der Waals surface area contributed by atoms with Crippen LogP contribution in [0.5, 0.6) is 5.88 Å². The Morgan fingerprint density at radius 1 is 1.19 bits per heavy atom. The van der Waals surface area contributed by atoms with Gasteiger partial charge in [-0.2, -0.15) is 0 Å². The summed E-state index contributed by atoms with van der Waals surface area (Å²) >= 11 is 0. The molecule has 4 rings (SSSR count). The van der Waals surface area contributed by atoms with Crippen LogP contribution in [0.2, 0.25) is 0 Å². The minimum absolute atomic E-state index is 0.0821. The Hall–Kier alpha value is -2.96. The molecule has 1 aromatic carbocycles. The molecule has 26 heavy (non-hydrogen) atoms. The first-order valence-electron chi connectivity index (χ1n) is 8.36. The number of aromatic nitrogens is 1. The summed E-state index contributed by atoms with van der Waals surface area (Å²) < 4.78 is 19.1. The smallest absolute Gasteiger partial charge is 0.407 e. The van der Waals surface area contributed by atoms with Crippen LogP contribution in [0.3, 0.4) is 0 Å². The molecule has 2 fully saturated rings. The first kappa shape index (κ1) is 16.5. The molecule has 2 heterocycles. The van der Waals surface area contributed by atoms with E-state index in [2.05, 4.69) is 4.98 Å². The maximum atomic E-state index is 13.1. The maximum Gasteiger partial charge on any atom is 0.407 e. The molecule has 2 aromatic rings. The number of carbonyl (C=O) groups excluding carboxylic acids is 1. The summed E-state index contributed by atoms with van der Waals surface area (Å²) in [6, 6.07) is 9.12. The molecular formula is C19H17FN2O4. The Labute approximate surface area is 149 Å². The first-order valence-corrected chi connectivity index (χ1v) is 8.36. The number of likely N-dealkylation sites (tertiary alicyclic amines) is 1. The fraction of sp³-hybridized carbons (Fsp3) is 0.316. The molecular weight excluding hydrogens is 339 g/mol. The number of hydrogen-bond donors (Lipinski definition) is 1. The second-order valence-electron chi connectivity index (χ2n) is 6.74. The van der Waals surface area contributed by atoms with E-state index in [1.54, 1.807) is 24.3 Å². The van der Waals surface area contributed by atoms with E-state index in [1.807, 2.05) is 0 Å². The van der Waals surface area contributed by atoms with E-state index >= 15 is 0 Å². The van der Waals surface area contributed by atoms with Gasteiger partial charge in [-0.3, -0.25) is 4.79 Å². The Balaban J connectivity index is 1.56. The summed E-state index contributed by atoms with van der Waals surface area (Å²) in [7, 11) is 0. The van der Waals surface area contributed by atoms with E-state index in [4.69, 9.17) is 9.84 Å². The van der Waals surface area contributed by atoms with Crippen LogP contribution in [0, 0.1) is 17.7 Å². The van der Waals surface area contributed by atoms with Crippen LogP contribution in [-0.2, 0) is 0 Å². The van der Waals surface area contributed by atoms with Crippen molar-refractivity contribution < 1.29 is 23.8 Å². The van der Waals surface area contributed by atoms with Gasteiger partial charge in [0, 0.05) is 42.1 Å². The van der Waals surface area contributed by atoms with Crippen molar-refractivity contribution >= 4 is 11.9 Å². The van der Waals surface area contributed by atoms with Crippen molar-refractivity contribution in [2.24, 2.45) is 11.8 Å². The minimum Gasteiger partial charge on any atom is -0.474 e. The number of carbonyl (C=O) groups is 2. The van der Waals surface area contributed by atoms with Crippen molar-refractivity contribution in [1.29, 1.82) is 0 Å². The number of carboxylic acid groups (broad SMARTS) is 1. The van der Waals surface area contributed by atoms with E-state index in [9.17, 15) is 14.0 Å². The van der Waals surface area contributed by atoms with E-state index in [0.717, 1.165) is 0 Å². The number of Topliss-reactive ketones (excluding diaryl/α,β-unsaturated/α-hetero) is 1. The third-order valence-electron chi connectivity index (χ3n) is 4.99. The number of halogens is 1. The number of rotatable bonds is 4. The number of pyridine rings is 1. The predicted octanol–water partition coefficient (Wildman–Crippen LogP) is 3.08. The van der Waals surface area contributed by atoms with Gasteiger partial charge in [0.1, 0.15) is 11.9 Å². The average Bonchev–Trinajstić information content (AvgIpc) is 3.04. The van der Waals surface area contributed by atoms with Crippen molar-refractivity contribution in [3.8, 4) is 17.1 Å². The lowest BCUT2D eigenvalue weighted by Crippen LogP contribution is -2.31. The zero-order valence-electron chi connectivity index (χ0n) is 14.1. The highest BCUT2D eigenvalue weighted by Gasteiger charge is 2.59. The Morgan fingerprint density at radius 3 is 2.42 bits per heavy atom. The van der Waals surface area contributed by atoms with E-state index in [0.29, 0.717) is 35.8 Å². The number of ether oxygens (including phenoxy) is 1.